The molecule has 2 aromatic heterocycles. The number of benzene rings is 3. The van der Waals surface area contributed by atoms with Gasteiger partial charge in [-0.1, -0.05) is 60.7 Å². The third-order valence-corrected chi connectivity index (χ3v) is 4.39. The average Bonchev–Trinajstić information content (AvgIpc) is 3.07. The van der Waals surface area contributed by atoms with Crippen LogP contribution < -0.4 is 0 Å². The van der Waals surface area contributed by atoms with Crippen molar-refractivity contribution in [3.63, 3.8) is 0 Å². The Bertz CT molecular complexity index is 1230. The van der Waals surface area contributed by atoms with Gasteiger partial charge in [-0.05, 0) is 35.9 Å². The third-order valence-electron chi connectivity index (χ3n) is 4.39. The lowest BCUT2D eigenvalue weighted by Gasteiger charge is -2.05. The smallest absolute Gasteiger partial charge is 0.149 e. The average molecular weight is 321 g/mol. The maximum absolute atomic E-state index is 4.88. The summed E-state index contributed by atoms with van der Waals surface area (Å²) in [5.41, 5.74) is 5.10. The van der Waals surface area contributed by atoms with Crippen molar-refractivity contribution in [1.29, 1.82) is 0 Å². The standard InChI is InChI=1S/C22H15N3/c1-2-8-16(9-3-1)14-15-21-23-18-11-5-4-10-17(18)22-24-19-12-6-7-13-20(19)25(21)22/h1-15H/b15-14-. The molecule has 0 aliphatic rings. The maximum atomic E-state index is 4.88. The number of imidazole rings is 1. The zero-order chi connectivity index (χ0) is 16.6. The van der Waals surface area contributed by atoms with Gasteiger partial charge in [0.25, 0.3) is 0 Å². The van der Waals surface area contributed by atoms with Crippen molar-refractivity contribution in [3.8, 4) is 0 Å². The Labute approximate surface area is 144 Å². The minimum Gasteiger partial charge on any atom is -0.276 e. The first-order chi connectivity index (χ1) is 12.4. The summed E-state index contributed by atoms with van der Waals surface area (Å²) >= 11 is 0. The number of fused-ring (bicyclic) bond motifs is 5. The van der Waals surface area contributed by atoms with Crippen molar-refractivity contribution in [2.45, 2.75) is 0 Å². The van der Waals surface area contributed by atoms with Gasteiger partial charge in [0.05, 0.1) is 16.6 Å². The lowest BCUT2D eigenvalue weighted by molar-refractivity contribution is 1.12. The molecule has 0 radical (unpaired) electrons. The SMILES string of the molecule is C(=C/c1nc2ccccc2c2nc3ccccc3n12)/c1ccccc1. The van der Waals surface area contributed by atoms with Gasteiger partial charge in [-0.2, -0.15) is 0 Å². The van der Waals surface area contributed by atoms with E-state index in [9.17, 15) is 0 Å². The minimum atomic E-state index is 0.881. The molecule has 3 aromatic carbocycles. The monoisotopic (exact) mass is 321 g/mol. The van der Waals surface area contributed by atoms with Crippen LogP contribution in [0.5, 0.6) is 0 Å². The van der Waals surface area contributed by atoms with Crippen LogP contribution in [0.2, 0.25) is 0 Å². The van der Waals surface area contributed by atoms with E-state index in [4.69, 9.17) is 9.97 Å². The normalized spacial score (nSPS) is 11.8. The predicted octanol–water partition coefficient (Wildman–Crippen LogP) is 5.21. The topological polar surface area (TPSA) is 30.2 Å². The summed E-state index contributed by atoms with van der Waals surface area (Å²) in [4.78, 5) is 9.73. The highest BCUT2D eigenvalue weighted by molar-refractivity contribution is 5.97. The Balaban J connectivity index is 1.85. The first-order valence-electron chi connectivity index (χ1n) is 8.29. The molecule has 0 spiro atoms. The number of nitrogens with zero attached hydrogens (tertiary/aromatic N) is 3. The van der Waals surface area contributed by atoms with Gasteiger partial charge < -0.3 is 0 Å². The lowest BCUT2D eigenvalue weighted by atomic mass is 10.2. The zero-order valence-electron chi connectivity index (χ0n) is 13.5. The molecule has 2 heterocycles. The summed E-state index contributed by atoms with van der Waals surface area (Å²) in [5.74, 6) is 0.881. The molecule has 5 aromatic rings. The highest BCUT2D eigenvalue weighted by Crippen LogP contribution is 2.25. The van der Waals surface area contributed by atoms with Crippen LogP contribution in [0.15, 0.2) is 78.9 Å². The van der Waals surface area contributed by atoms with Crippen molar-refractivity contribution >= 4 is 39.7 Å². The molecule has 0 aliphatic carbocycles. The number of rotatable bonds is 2. The minimum absolute atomic E-state index is 0.881. The summed E-state index contributed by atoms with van der Waals surface area (Å²) in [7, 11) is 0. The van der Waals surface area contributed by atoms with Gasteiger partial charge in [-0.25, -0.2) is 9.97 Å². The Morgan fingerprint density at radius 3 is 2.24 bits per heavy atom. The maximum Gasteiger partial charge on any atom is 0.149 e. The second-order valence-corrected chi connectivity index (χ2v) is 5.99. The molecular weight excluding hydrogens is 306 g/mol. The van der Waals surface area contributed by atoms with Crippen LogP contribution in [-0.2, 0) is 0 Å². The van der Waals surface area contributed by atoms with Gasteiger partial charge in [0.1, 0.15) is 11.5 Å². The molecule has 0 atom stereocenters. The molecule has 0 N–H and O–H groups in total. The molecule has 3 heteroatoms. The van der Waals surface area contributed by atoms with Gasteiger partial charge in [0, 0.05) is 5.39 Å². The Kier molecular flexibility index (Phi) is 3.10. The largest absolute Gasteiger partial charge is 0.276 e. The molecule has 0 fully saturated rings. The fourth-order valence-corrected chi connectivity index (χ4v) is 3.22. The van der Waals surface area contributed by atoms with Crippen LogP contribution >= 0.6 is 0 Å². The molecule has 5 rings (SSSR count). The number of hydrogen-bond acceptors (Lipinski definition) is 2. The first-order valence-corrected chi connectivity index (χ1v) is 8.29. The van der Waals surface area contributed by atoms with Crippen molar-refractivity contribution in [2.24, 2.45) is 0 Å². The van der Waals surface area contributed by atoms with E-state index in [0.717, 1.165) is 39.0 Å². The number of para-hydroxylation sites is 3. The van der Waals surface area contributed by atoms with Gasteiger partial charge in [-0.3, -0.25) is 4.40 Å². The fourth-order valence-electron chi connectivity index (χ4n) is 3.22. The molecule has 0 saturated carbocycles. The van der Waals surface area contributed by atoms with E-state index in [1.54, 1.807) is 0 Å². The molecule has 25 heavy (non-hydrogen) atoms. The van der Waals surface area contributed by atoms with Crippen LogP contribution in [0.4, 0.5) is 0 Å². The van der Waals surface area contributed by atoms with E-state index >= 15 is 0 Å². The van der Waals surface area contributed by atoms with E-state index in [1.165, 1.54) is 0 Å². The van der Waals surface area contributed by atoms with Crippen LogP contribution in [0, 0.1) is 0 Å². The molecule has 0 aliphatic heterocycles. The van der Waals surface area contributed by atoms with E-state index in [1.807, 2.05) is 54.6 Å². The second kappa shape index (κ2) is 5.56. The first kappa shape index (κ1) is 13.9. The van der Waals surface area contributed by atoms with Crippen molar-refractivity contribution in [1.82, 2.24) is 14.4 Å². The molecule has 0 unspecified atom stereocenters. The van der Waals surface area contributed by atoms with Gasteiger partial charge >= 0.3 is 0 Å². The molecular formula is C22H15N3. The molecule has 118 valence electrons. The molecule has 0 amide bonds. The van der Waals surface area contributed by atoms with Crippen LogP contribution in [0.1, 0.15) is 11.4 Å². The van der Waals surface area contributed by atoms with Gasteiger partial charge in [-0.15, -0.1) is 0 Å². The summed E-state index contributed by atoms with van der Waals surface area (Å²) in [6.45, 7) is 0. The zero-order valence-corrected chi connectivity index (χ0v) is 13.5. The summed E-state index contributed by atoms with van der Waals surface area (Å²) in [6.07, 6.45) is 4.15. The van der Waals surface area contributed by atoms with Crippen molar-refractivity contribution in [2.75, 3.05) is 0 Å². The van der Waals surface area contributed by atoms with Crippen LogP contribution in [0.25, 0.3) is 39.7 Å². The highest BCUT2D eigenvalue weighted by Gasteiger charge is 2.11. The van der Waals surface area contributed by atoms with Crippen LogP contribution in [0.3, 0.4) is 0 Å². The van der Waals surface area contributed by atoms with Gasteiger partial charge in [0.2, 0.25) is 0 Å². The summed E-state index contributed by atoms with van der Waals surface area (Å²) in [6, 6.07) is 26.6. The van der Waals surface area contributed by atoms with Crippen LogP contribution in [-0.4, -0.2) is 14.4 Å². The van der Waals surface area contributed by atoms with Crippen molar-refractivity contribution < 1.29 is 0 Å². The fraction of sp³-hybridized carbons (Fsp3) is 0. The molecule has 0 bridgehead atoms. The third kappa shape index (κ3) is 2.29. The number of aromatic nitrogens is 3. The van der Waals surface area contributed by atoms with E-state index < -0.39 is 0 Å². The Hall–Kier alpha value is -3.46. The van der Waals surface area contributed by atoms with Crippen molar-refractivity contribution in [3.05, 3.63) is 90.3 Å². The van der Waals surface area contributed by atoms with E-state index in [0.29, 0.717) is 0 Å². The van der Waals surface area contributed by atoms with E-state index in [2.05, 4.69) is 40.8 Å². The lowest BCUT2D eigenvalue weighted by Crippen LogP contribution is -1.97. The van der Waals surface area contributed by atoms with E-state index in [-0.39, 0.29) is 0 Å². The summed E-state index contributed by atoms with van der Waals surface area (Å²) < 4.78 is 2.14. The highest BCUT2D eigenvalue weighted by atomic mass is 15.1. The number of hydrogen-bond donors (Lipinski definition) is 0. The molecule has 0 saturated heterocycles. The Morgan fingerprint density at radius 1 is 0.640 bits per heavy atom. The molecule has 3 nitrogen and oxygen atoms in total. The van der Waals surface area contributed by atoms with Gasteiger partial charge in [0.15, 0.2) is 0 Å². The second-order valence-electron chi connectivity index (χ2n) is 5.99. The summed E-state index contributed by atoms with van der Waals surface area (Å²) in [5, 5.41) is 1.07. The predicted molar refractivity (Wildman–Crippen MR) is 103 cm³/mol. The Morgan fingerprint density at radius 2 is 1.36 bits per heavy atom. The quantitative estimate of drug-likeness (QED) is 0.447.